The second kappa shape index (κ2) is 7.02. The van der Waals surface area contributed by atoms with Crippen LogP contribution in [0.15, 0.2) is 47.9 Å². The molecule has 146 valence electrons. The first-order chi connectivity index (χ1) is 13.9. The van der Waals surface area contributed by atoms with E-state index >= 15 is 0 Å². The van der Waals surface area contributed by atoms with E-state index in [-0.39, 0.29) is 11.8 Å². The average Bonchev–Trinajstić information content (AvgIpc) is 3.10. The number of methoxy groups -OCH3 is 1. The van der Waals surface area contributed by atoms with Gasteiger partial charge in [0.2, 0.25) is 11.8 Å². The number of ether oxygens (including phenoxy) is 2. The first kappa shape index (κ1) is 18.6. The molecule has 0 aliphatic carbocycles. The lowest BCUT2D eigenvalue weighted by molar-refractivity contribution is 0.379. The van der Waals surface area contributed by atoms with Gasteiger partial charge in [-0.1, -0.05) is 17.7 Å². The zero-order chi connectivity index (χ0) is 20.7. The Morgan fingerprint density at radius 2 is 1.76 bits per heavy atom. The van der Waals surface area contributed by atoms with Crippen LogP contribution in [0.1, 0.15) is 33.7 Å². The highest BCUT2D eigenvalue weighted by atomic mass is 16.5. The van der Waals surface area contributed by atoms with Crippen molar-refractivity contribution in [1.82, 2.24) is 10.2 Å². The van der Waals surface area contributed by atoms with E-state index in [4.69, 9.17) is 15.2 Å². The minimum atomic E-state index is -0.361. The molecule has 0 radical (unpaired) electrons. The number of nitrogens with two attached hydrogens (primary N) is 1. The Hall–Kier alpha value is -3.72. The van der Waals surface area contributed by atoms with Crippen LogP contribution in [0.2, 0.25) is 0 Å². The number of benzene rings is 2. The Morgan fingerprint density at radius 1 is 1.10 bits per heavy atom. The van der Waals surface area contributed by atoms with Crippen molar-refractivity contribution in [3.05, 3.63) is 75.7 Å². The summed E-state index contributed by atoms with van der Waals surface area (Å²) < 4.78 is 11.0. The second-order valence-electron chi connectivity index (χ2n) is 7.28. The Balaban J connectivity index is 1.97. The summed E-state index contributed by atoms with van der Waals surface area (Å²) in [6.45, 7) is 6.18. The minimum absolute atomic E-state index is 0.0946. The molecule has 6 nitrogen and oxygen atoms in total. The van der Waals surface area contributed by atoms with Gasteiger partial charge >= 0.3 is 0 Å². The van der Waals surface area contributed by atoms with E-state index < -0.39 is 0 Å². The maximum absolute atomic E-state index is 9.91. The smallest absolute Gasteiger partial charge is 0.244 e. The third kappa shape index (κ3) is 3.01. The van der Waals surface area contributed by atoms with E-state index in [1.54, 1.807) is 7.11 Å². The van der Waals surface area contributed by atoms with Crippen LogP contribution in [0.4, 0.5) is 0 Å². The van der Waals surface area contributed by atoms with Crippen LogP contribution in [-0.4, -0.2) is 17.3 Å². The fraction of sp³-hybridized carbons (Fsp3) is 0.217. The Kier molecular flexibility index (Phi) is 4.51. The summed E-state index contributed by atoms with van der Waals surface area (Å²) in [7, 11) is 1.63. The predicted octanol–water partition coefficient (Wildman–Crippen LogP) is 4.23. The number of H-pyrrole nitrogens is 1. The Morgan fingerprint density at radius 3 is 2.34 bits per heavy atom. The van der Waals surface area contributed by atoms with Gasteiger partial charge in [0.05, 0.1) is 24.3 Å². The number of aromatic nitrogens is 2. The van der Waals surface area contributed by atoms with Gasteiger partial charge in [-0.2, -0.15) is 5.26 Å². The average molecular weight is 386 g/mol. The van der Waals surface area contributed by atoms with Crippen molar-refractivity contribution in [3.63, 3.8) is 0 Å². The topological polar surface area (TPSA) is 97.0 Å². The van der Waals surface area contributed by atoms with Crippen molar-refractivity contribution in [2.24, 2.45) is 5.73 Å². The molecule has 0 amide bonds. The van der Waals surface area contributed by atoms with Crippen LogP contribution in [0.3, 0.4) is 0 Å². The number of fused-ring (bicyclic) bond motifs is 1. The molecular formula is C23H22N4O2. The number of hydrogen-bond donors (Lipinski definition) is 2. The van der Waals surface area contributed by atoms with Gasteiger partial charge in [-0.25, -0.2) is 0 Å². The molecule has 4 rings (SSSR count). The summed E-state index contributed by atoms with van der Waals surface area (Å²) >= 11 is 0. The van der Waals surface area contributed by atoms with Gasteiger partial charge in [0.25, 0.3) is 0 Å². The number of nitrogens with one attached hydrogen (secondary N) is 1. The minimum Gasteiger partial charge on any atom is -0.497 e. The van der Waals surface area contributed by atoms with Gasteiger partial charge in [0, 0.05) is 5.56 Å². The molecule has 2 heterocycles. The lowest BCUT2D eigenvalue weighted by atomic mass is 9.79. The van der Waals surface area contributed by atoms with Gasteiger partial charge in [-0.15, -0.1) is 5.10 Å². The zero-order valence-electron chi connectivity index (χ0n) is 16.8. The van der Waals surface area contributed by atoms with Crippen LogP contribution < -0.4 is 15.2 Å². The van der Waals surface area contributed by atoms with Crippen LogP contribution >= 0.6 is 0 Å². The van der Waals surface area contributed by atoms with E-state index in [0.717, 1.165) is 39.3 Å². The summed E-state index contributed by atoms with van der Waals surface area (Å²) in [6, 6.07) is 14.2. The van der Waals surface area contributed by atoms with Crippen molar-refractivity contribution in [2.45, 2.75) is 26.7 Å². The molecule has 0 bridgehead atoms. The van der Waals surface area contributed by atoms with Gasteiger partial charge < -0.3 is 15.2 Å². The molecule has 0 saturated carbocycles. The molecule has 1 aromatic heterocycles. The molecule has 0 fully saturated rings. The lowest BCUT2D eigenvalue weighted by Crippen LogP contribution is -2.22. The molecule has 0 spiro atoms. The van der Waals surface area contributed by atoms with E-state index in [9.17, 15) is 5.26 Å². The maximum Gasteiger partial charge on any atom is 0.244 e. The number of allylic oxidation sites excluding steroid dienone is 1. The highest BCUT2D eigenvalue weighted by Gasteiger charge is 2.37. The highest BCUT2D eigenvalue weighted by Crippen LogP contribution is 2.47. The van der Waals surface area contributed by atoms with Gasteiger partial charge in [-0.3, -0.25) is 5.10 Å². The molecule has 29 heavy (non-hydrogen) atoms. The number of rotatable bonds is 3. The lowest BCUT2D eigenvalue weighted by Gasteiger charge is -2.27. The van der Waals surface area contributed by atoms with Crippen LogP contribution in [0, 0.1) is 32.1 Å². The first-order valence-electron chi connectivity index (χ1n) is 9.32. The molecule has 3 N–H and O–H groups in total. The van der Waals surface area contributed by atoms with Gasteiger partial charge in [-0.05, 0) is 61.7 Å². The summed E-state index contributed by atoms with van der Waals surface area (Å²) in [6.07, 6.45) is 0. The fourth-order valence-electron chi connectivity index (χ4n) is 4.16. The predicted molar refractivity (Wildman–Crippen MR) is 111 cm³/mol. The van der Waals surface area contributed by atoms with Crippen molar-refractivity contribution in [1.29, 1.82) is 5.26 Å². The second-order valence-corrected chi connectivity index (χ2v) is 7.28. The van der Waals surface area contributed by atoms with Crippen molar-refractivity contribution in [3.8, 4) is 29.0 Å². The van der Waals surface area contributed by atoms with E-state index in [1.807, 2.05) is 24.3 Å². The molecule has 1 aliphatic heterocycles. The van der Waals surface area contributed by atoms with E-state index in [0.29, 0.717) is 11.5 Å². The third-order valence-electron chi connectivity index (χ3n) is 5.34. The third-order valence-corrected chi connectivity index (χ3v) is 5.34. The van der Waals surface area contributed by atoms with Gasteiger partial charge in [0.15, 0.2) is 0 Å². The molecule has 0 unspecified atom stereocenters. The zero-order valence-corrected chi connectivity index (χ0v) is 16.8. The maximum atomic E-state index is 9.91. The van der Waals surface area contributed by atoms with Crippen LogP contribution in [0.5, 0.6) is 11.6 Å². The van der Waals surface area contributed by atoms with Crippen LogP contribution in [0.25, 0.3) is 11.3 Å². The summed E-state index contributed by atoms with van der Waals surface area (Å²) in [5.41, 5.74) is 13.5. The largest absolute Gasteiger partial charge is 0.497 e. The van der Waals surface area contributed by atoms with E-state index in [1.165, 1.54) is 5.56 Å². The molecule has 0 saturated heterocycles. The normalized spacial score (nSPS) is 15.5. The van der Waals surface area contributed by atoms with Crippen molar-refractivity contribution < 1.29 is 9.47 Å². The SMILES string of the molecule is COc1ccc(-c2[nH]nc3c2[C@H](c2c(C)cc(C)cc2C)C(C#N)=C(N)O3)cc1. The number of nitriles is 1. The summed E-state index contributed by atoms with van der Waals surface area (Å²) in [4.78, 5) is 0. The molecule has 1 atom stereocenters. The molecule has 2 aromatic carbocycles. The van der Waals surface area contributed by atoms with Crippen LogP contribution in [-0.2, 0) is 0 Å². The first-order valence-corrected chi connectivity index (χ1v) is 9.32. The quantitative estimate of drug-likeness (QED) is 0.702. The Bertz CT molecular complexity index is 1140. The molecule has 6 heteroatoms. The number of aryl methyl sites for hydroxylation is 3. The monoisotopic (exact) mass is 386 g/mol. The molecular weight excluding hydrogens is 364 g/mol. The standard InChI is InChI=1S/C23H22N4O2/c1-12-9-13(2)18(14(3)10-12)19-17(11-24)22(25)29-23-20(19)21(26-27-23)15-5-7-16(28-4)8-6-15/h5-10,19H,25H2,1-4H3,(H,26,27)/t19-/m0/s1. The number of nitrogens with zero attached hydrogens (tertiary/aromatic N) is 2. The molecule has 3 aromatic rings. The Labute approximate surface area is 169 Å². The number of aromatic amines is 1. The van der Waals surface area contributed by atoms with Crippen molar-refractivity contribution in [2.75, 3.05) is 7.11 Å². The fourth-order valence-corrected chi connectivity index (χ4v) is 4.16. The summed E-state index contributed by atoms with van der Waals surface area (Å²) in [5, 5.41) is 17.3. The van der Waals surface area contributed by atoms with Crippen molar-refractivity contribution >= 4 is 0 Å². The number of hydrogen-bond acceptors (Lipinski definition) is 5. The van der Waals surface area contributed by atoms with E-state index in [2.05, 4.69) is 49.2 Å². The summed E-state index contributed by atoms with van der Waals surface area (Å²) in [5.74, 6) is 0.899. The van der Waals surface area contributed by atoms with Gasteiger partial charge in [0.1, 0.15) is 17.4 Å². The molecule has 1 aliphatic rings. The highest BCUT2D eigenvalue weighted by molar-refractivity contribution is 5.72.